The van der Waals surface area contributed by atoms with E-state index >= 15 is 0 Å². The largest absolute Gasteiger partial charge is 0.309 e. The number of rotatable bonds is 6. The summed E-state index contributed by atoms with van der Waals surface area (Å²) in [5.41, 5.74) is 14.5. The zero-order chi connectivity index (χ0) is 37.2. The van der Waals surface area contributed by atoms with E-state index < -0.39 is 0 Å². The van der Waals surface area contributed by atoms with Gasteiger partial charge in [0.05, 0.1) is 33.3 Å². The van der Waals surface area contributed by atoms with Crippen LogP contribution in [0.25, 0.3) is 99.4 Å². The standard InChI is InChI=1S/C52H36N4/c1-2-48-53-45-21-10-12-23-47(45)55(48)39-30-28-35(29-31-39)34-24-26-36(27-25-34)40-19-13-20-43-49-44(50(54-51(40)43)37-14-5-3-6-15-37)33-32-42-41-18-9-11-22-46(41)56(52(42)49)38-16-7-4-8-17-38/h3-33H,2H2,1H3. The fourth-order valence-corrected chi connectivity index (χ4v) is 8.71. The maximum atomic E-state index is 5.55. The monoisotopic (exact) mass is 716 g/mol. The Morgan fingerprint density at radius 1 is 0.411 bits per heavy atom. The van der Waals surface area contributed by atoms with Crippen LogP contribution in [0.15, 0.2) is 188 Å². The van der Waals surface area contributed by atoms with Crippen molar-refractivity contribution in [2.75, 3.05) is 0 Å². The zero-order valence-electron chi connectivity index (χ0n) is 30.9. The van der Waals surface area contributed by atoms with Gasteiger partial charge in [0.2, 0.25) is 0 Å². The first-order chi connectivity index (χ1) is 27.7. The van der Waals surface area contributed by atoms with Crippen LogP contribution < -0.4 is 0 Å². The number of nitrogens with zero attached hydrogens (tertiary/aromatic N) is 4. The van der Waals surface area contributed by atoms with E-state index in [0.717, 1.165) is 73.3 Å². The lowest BCUT2D eigenvalue weighted by Gasteiger charge is -2.16. The minimum atomic E-state index is 0.866. The molecule has 0 saturated carbocycles. The summed E-state index contributed by atoms with van der Waals surface area (Å²) >= 11 is 0. The van der Waals surface area contributed by atoms with Crippen LogP contribution in [0.4, 0.5) is 0 Å². The second kappa shape index (κ2) is 12.9. The topological polar surface area (TPSA) is 35.6 Å². The quantitative estimate of drug-likeness (QED) is 0.161. The molecule has 0 fully saturated rings. The van der Waals surface area contributed by atoms with Crippen molar-refractivity contribution in [2.45, 2.75) is 13.3 Å². The summed E-state index contributed by atoms with van der Waals surface area (Å²) < 4.78 is 4.71. The molecule has 264 valence electrons. The Balaban J connectivity index is 1.09. The maximum Gasteiger partial charge on any atom is 0.114 e. The van der Waals surface area contributed by atoms with Gasteiger partial charge < -0.3 is 4.57 Å². The minimum Gasteiger partial charge on any atom is -0.309 e. The van der Waals surface area contributed by atoms with Crippen molar-refractivity contribution in [3.05, 3.63) is 194 Å². The first-order valence-corrected chi connectivity index (χ1v) is 19.3. The van der Waals surface area contributed by atoms with Crippen LogP contribution in [-0.2, 0) is 6.42 Å². The highest BCUT2D eigenvalue weighted by Gasteiger charge is 2.21. The molecular weight excluding hydrogens is 681 g/mol. The van der Waals surface area contributed by atoms with Gasteiger partial charge in [-0.25, -0.2) is 9.97 Å². The number of benzene rings is 8. The average molecular weight is 717 g/mol. The van der Waals surface area contributed by atoms with Crippen molar-refractivity contribution >= 4 is 54.5 Å². The highest BCUT2D eigenvalue weighted by molar-refractivity contribution is 6.27. The first-order valence-electron chi connectivity index (χ1n) is 19.3. The van der Waals surface area contributed by atoms with Crippen LogP contribution in [-0.4, -0.2) is 19.1 Å². The van der Waals surface area contributed by atoms with E-state index in [1.807, 2.05) is 0 Å². The third-order valence-corrected chi connectivity index (χ3v) is 11.3. The van der Waals surface area contributed by atoms with Gasteiger partial charge in [-0.05, 0) is 59.2 Å². The minimum absolute atomic E-state index is 0.866. The SMILES string of the molecule is CCc1nc2ccccc2n1-c1ccc(-c2ccc(-c3cccc4c3nc(-c3ccccc3)c3ccc5c6ccccc6n(-c6ccccc6)c5c34)cc2)cc1. The van der Waals surface area contributed by atoms with E-state index in [-0.39, 0.29) is 0 Å². The molecule has 0 aliphatic heterocycles. The van der Waals surface area contributed by atoms with E-state index in [9.17, 15) is 0 Å². The summed E-state index contributed by atoms with van der Waals surface area (Å²) in [6, 6.07) is 67.5. The van der Waals surface area contributed by atoms with Gasteiger partial charge in [0.25, 0.3) is 0 Å². The molecule has 4 heteroatoms. The molecular formula is C52H36N4. The van der Waals surface area contributed by atoms with Crippen molar-refractivity contribution < 1.29 is 0 Å². The summed E-state index contributed by atoms with van der Waals surface area (Å²) in [4.78, 5) is 10.4. The Bertz CT molecular complexity index is 3250. The van der Waals surface area contributed by atoms with Gasteiger partial charge in [-0.2, -0.15) is 0 Å². The molecule has 0 atom stereocenters. The lowest BCUT2D eigenvalue weighted by Crippen LogP contribution is -1.99. The molecule has 3 aromatic heterocycles. The Hall–Kier alpha value is -7.30. The van der Waals surface area contributed by atoms with E-state index in [1.54, 1.807) is 0 Å². The predicted molar refractivity (Wildman–Crippen MR) is 234 cm³/mol. The molecule has 0 bridgehead atoms. The van der Waals surface area contributed by atoms with Crippen LogP contribution in [0.2, 0.25) is 0 Å². The third-order valence-electron chi connectivity index (χ3n) is 11.3. The van der Waals surface area contributed by atoms with Gasteiger partial charge in [0.1, 0.15) is 5.82 Å². The van der Waals surface area contributed by atoms with Gasteiger partial charge in [0, 0.05) is 55.9 Å². The Labute approximate surface area is 324 Å². The number of hydrogen-bond donors (Lipinski definition) is 0. The fourth-order valence-electron chi connectivity index (χ4n) is 8.71. The molecule has 0 N–H and O–H groups in total. The van der Waals surface area contributed by atoms with Crippen molar-refractivity contribution in [3.8, 4) is 44.9 Å². The number of fused-ring (bicyclic) bond motifs is 8. The third kappa shape index (κ3) is 5.00. The van der Waals surface area contributed by atoms with Crippen LogP contribution in [0.3, 0.4) is 0 Å². The molecule has 0 spiro atoms. The number of imidazole rings is 1. The van der Waals surface area contributed by atoms with Crippen LogP contribution in [0, 0.1) is 0 Å². The molecule has 0 aliphatic rings. The van der Waals surface area contributed by atoms with Gasteiger partial charge >= 0.3 is 0 Å². The maximum absolute atomic E-state index is 5.55. The van der Waals surface area contributed by atoms with E-state index in [0.29, 0.717) is 0 Å². The van der Waals surface area contributed by atoms with E-state index in [1.165, 1.54) is 38.3 Å². The fraction of sp³-hybridized carbons (Fsp3) is 0.0385. The van der Waals surface area contributed by atoms with Gasteiger partial charge in [0.15, 0.2) is 0 Å². The average Bonchev–Trinajstić information content (AvgIpc) is 3.83. The normalized spacial score (nSPS) is 11.7. The van der Waals surface area contributed by atoms with Gasteiger partial charge in [-0.15, -0.1) is 0 Å². The summed E-state index contributed by atoms with van der Waals surface area (Å²) in [6.07, 6.45) is 0.866. The summed E-state index contributed by atoms with van der Waals surface area (Å²) in [7, 11) is 0. The number of aromatic nitrogens is 4. The molecule has 11 aromatic rings. The molecule has 4 nitrogen and oxygen atoms in total. The molecule has 0 unspecified atom stereocenters. The molecule has 11 rings (SSSR count). The highest BCUT2D eigenvalue weighted by Crippen LogP contribution is 2.43. The second-order valence-electron chi connectivity index (χ2n) is 14.4. The number of para-hydroxylation sites is 5. The predicted octanol–water partition coefficient (Wildman–Crippen LogP) is 13.4. The lowest BCUT2D eigenvalue weighted by molar-refractivity contribution is 0.908. The number of aryl methyl sites for hydroxylation is 1. The number of pyridine rings is 1. The molecule has 0 saturated heterocycles. The van der Waals surface area contributed by atoms with E-state index in [4.69, 9.17) is 9.97 Å². The Kier molecular flexibility index (Phi) is 7.42. The van der Waals surface area contributed by atoms with Gasteiger partial charge in [-0.1, -0.05) is 153 Å². The molecule has 0 aliphatic carbocycles. The van der Waals surface area contributed by atoms with E-state index in [2.05, 4.69) is 204 Å². The Morgan fingerprint density at radius 2 is 1.02 bits per heavy atom. The van der Waals surface area contributed by atoms with Crippen molar-refractivity contribution in [1.82, 2.24) is 19.1 Å². The molecule has 0 radical (unpaired) electrons. The first kappa shape index (κ1) is 32.2. The molecule has 0 amide bonds. The summed E-state index contributed by atoms with van der Waals surface area (Å²) in [5, 5.41) is 5.96. The van der Waals surface area contributed by atoms with Gasteiger partial charge in [-0.3, -0.25) is 4.57 Å². The zero-order valence-corrected chi connectivity index (χ0v) is 30.9. The molecule has 8 aromatic carbocycles. The van der Waals surface area contributed by atoms with Crippen LogP contribution in [0.5, 0.6) is 0 Å². The lowest BCUT2D eigenvalue weighted by atomic mass is 9.93. The smallest absolute Gasteiger partial charge is 0.114 e. The van der Waals surface area contributed by atoms with Crippen LogP contribution >= 0.6 is 0 Å². The molecule has 56 heavy (non-hydrogen) atoms. The van der Waals surface area contributed by atoms with Crippen molar-refractivity contribution in [3.63, 3.8) is 0 Å². The number of hydrogen-bond acceptors (Lipinski definition) is 2. The molecule has 3 heterocycles. The summed E-state index contributed by atoms with van der Waals surface area (Å²) in [5.74, 6) is 1.07. The Morgan fingerprint density at radius 3 is 1.79 bits per heavy atom. The second-order valence-corrected chi connectivity index (χ2v) is 14.4. The highest BCUT2D eigenvalue weighted by atomic mass is 15.1. The van der Waals surface area contributed by atoms with Crippen molar-refractivity contribution in [1.29, 1.82) is 0 Å². The summed E-state index contributed by atoms with van der Waals surface area (Å²) in [6.45, 7) is 2.16. The van der Waals surface area contributed by atoms with Crippen molar-refractivity contribution in [2.24, 2.45) is 0 Å². The van der Waals surface area contributed by atoms with Crippen LogP contribution in [0.1, 0.15) is 12.7 Å².